The first-order valence-corrected chi connectivity index (χ1v) is 8.98. The van der Waals surface area contributed by atoms with Crippen LogP contribution in [-0.4, -0.2) is 9.97 Å². The van der Waals surface area contributed by atoms with Crippen LogP contribution in [0.15, 0.2) is 72.8 Å². The quantitative estimate of drug-likeness (QED) is 0.310. The summed E-state index contributed by atoms with van der Waals surface area (Å²) in [7, 11) is 0. The lowest BCUT2D eigenvalue weighted by Crippen LogP contribution is -1.80. The van der Waals surface area contributed by atoms with E-state index in [0.717, 1.165) is 0 Å². The van der Waals surface area contributed by atoms with Crippen LogP contribution in [0.2, 0.25) is 0 Å². The predicted molar refractivity (Wildman–Crippen MR) is 111 cm³/mol. The van der Waals surface area contributed by atoms with Crippen LogP contribution in [-0.2, 0) is 0 Å². The fourth-order valence-electron chi connectivity index (χ4n) is 4.89. The van der Waals surface area contributed by atoms with Crippen molar-refractivity contribution in [3.63, 3.8) is 0 Å². The fraction of sp³-hybridized carbons (Fsp3) is 0. The number of hydrogen-bond donors (Lipinski definition) is 2. The summed E-state index contributed by atoms with van der Waals surface area (Å²) in [6.45, 7) is 0. The molecule has 2 heteroatoms. The Hall–Kier alpha value is -3.52. The van der Waals surface area contributed by atoms with Gasteiger partial charge in [-0.1, -0.05) is 48.5 Å². The van der Waals surface area contributed by atoms with Gasteiger partial charge in [0, 0.05) is 43.6 Å². The molecule has 0 amide bonds. The minimum absolute atomic E-state index is 1.20. The third kappa shape index (κ3) is 1.33. The van der Waals surface area contributed by atoms with Gasteiger partial charge in [-0.15, -0.1) is 0 Å². The van der Waals surface area contributed by atoms with Crippen molar-refractivity contribution in [3.05, 3.63) is 72.8 Å². The van der Waals surface area contributed by atoms with Crippen molar-refractivity contribution in [1.82, 2.24) is 9.97 Å². The standard InChI is InChI=1S/C24H14N2/c1-5-13-14-6-2-11-19-22(14)24-16(8-4-12-20(24)26-19)15-7-3-10-18-23(15)21(13)17(9-1)25-18/h1-12,25-26H. The summed E-state index contributed by atoms with van der Waals surface area (Å²) in [5.74, 6) is 0. The Bertz CT molecular complexity index is 1390. The van der Waals surface area contributed by atoms with E-state index in [0.29, 0.717) is 0 Å². The maximum atomic E-state index is 3.63. The fourth-order valence-corrected chi connectivity index (χ4v) is 4.89. The summed E-state index contributed by atoms with van der Waals surface area (Å²) in [6.07, 6.45) is 0. The SMILES string of the molecule is c1cc2[nH]c3cccc4c5cccc6[nH]c7cccc(c(c1)c2c34)c7c65. The first-order chi connectivity index (χ1) is 12.9. The highest BCUT2D eigenvalue weighted by molar-refractivity contribution is 6.36. The zero-order valence-electron chi connectivity index (χ0n) is 13.9. The highest BCUT2D eigenvalue weighted by Crippen LogP contribution is 2.42. The van der Waals surface area contributed by atoms with E-state index in [1.54, 1.807) is 0 Å². The summed E-state index contributed by atoms with van der Waals surface area (Å²) < 4.78 is 0. The molecule has 5 aromatic carbocycles. The number of hydrogen-bond acceptors (Lipinski definition) is 0. The van der Waals surface area contributed by atoms with Crippen molar-refractivity contribution in [2.45, 2.75) is 0 Å². The first-order valence-electron chi connectivity index (χ1n) is 8.98. The van der Waals surface area contributed by atoms with Crippen LogP contribution in [0, 0.1) is 0 Å². The molecule has 0 saturated carbocycles. The van der Waals surface area contributed by atoms with Gasteiger partial charge in [-0.2, -0.15) is 0 Å². The van der Waals surface area contributed by atoms with Gasteiger partial charge in [0.15, 0.2) is 0 Å². The van der Waals surface area contributed by atoms with Crippen LogP contribution >= 0.6 is 0 Å². The second kappa shape index (κ2) is 4.17. The van der Waals surface area contributed by atoms with Crippen molar-refractivity contribution in [2.24, 2.45) is 0 Å². The first kappa shape index (κ1) is 12.8. The smallest absolute Gasteiger partial charge is 0.0471 e. The zero-order valence-corrected chi connectivity index (χ0v) is 13.9. The van der Waals surface area contributed by atoms with E-state index >= 15 is 0 Å². The third-order valence-corrected chi connectivity index (χ3v) is 5.88. The van der Waals surface area contributed by atoms with E-state index < -0.39 is 0 Å². The summed E-state index contributed by atoms with van der Waals surface area (Å²) in [5.41, 5.74) is 4.81. The number of H-pyrrole nitrogens is 2. The van der Waals surface area contributed by atoms with Gasteiger partial charge in [0.2, 0.25) is 0 Å². The molecule has 0 bridgehead atoms. The largest absolute Gasteiger partial charge is 0.354 e. The van der Waals surface area contributed by atoms with Gasteiger partial charge in [0.25, 0.3) is 0 Å². The average molecular weight is 330 g/mol. The highest BCUT2D eigenvalue weighted by atomic mass is 14.7. The van der Waals surface area contributed by atoms with E-state index in [2.05, 4.69) is 82.8 Å². The molecule has 2 aromatic heterocycles. The van der Waals surface area contributed by atoms with Gasteiger partial charge in [0.1, 0.15) is 0 Å². The minimum Gasteiger partial charge on any atom is -0.354 e. The van der Waals surface area contributed by atoms with E-state index in [4.69, 9.17) is 0 Å². The summed E-state index contributed by atoms with van der Waals surface area (Å²) >= 11 is 0. The molecule has 0 atom stereocenters. The van der Waals surface area contributed by atoms with Crippen LogP contribution in [0.3, 0.4) is 0 Å². The van der Waals surface area contributed by atoms with Crippen molar-refractivity contribution in [1.29, 1.82) is 0 Å². The Morgan fingerprint density at radius 1 is 0.346 bits per heavy atom. The maximum absolute atomic E-state index is 3.63. The van der Waals surface area contributed by atoms with E-state index in [-0.39, 0.29) is 0 Å². The van der Waals surface area contributed by atoms with Gasteiger partial charge in [-0.3, -0.25) is 0 Å². The Balaban J connectivity index is 2.07. The van der Waals surface area contributed by atoms with Crippen LogP contribution in [0.1, 0.15) is 0 Å². The molecule has 2 heterocycles. The predicted octanol–water partition coefficient (Wildman–Crippen LogP) is 6.70. The molecule has 0 aliphatic heterocycles. The molecule has 7 aromatic rings. The number of benzene rings is 4. The van der Waals surface area contributed by atoms with Crippen LogP contribution < -0.4 is 0 Å². The number of fused-ring (bicyclic) bond motifs is 2. The Labute approximate surface area is 148 Å². The Morgan fingerprint density at radius 3 is 0.885 bits per heavy atom. The van der Waals surface area contributed by atoms with Gasteiger partial charge < -0.3 is 9.97 Å². The van der Waals surface area contributed by atoms with E-state index in [1.165, 1.54) is 65.2 Å². The maximum Gasteiger partial charge on any atom is 0.0471 e. The third-order valence-electron chi connectivity index (χ3n) is 5.88. The average Bonchev–Trinajstić information content (AvgIpc) is 3.24. The Morgan fingerprint density at radius 2 is 0.615 bits per heavy atom. The number of aromatic nitrogens is 2. The zero-order chi connectivity index (χ0) is 16.8. The molecular weight excluding hydrogens is 316 g/mol. The van der Waals surface area contributed by atoms with Crippen molar-refractivity contribution < 1.29 is 0 Å². The van der Waals surface area contributed by atoms with Gasteiger partial charge in [-0.05, 0) is 45.8 Å². The molecule has 0 aliphatic rings. The highest BCUT2D eigenvalue weighted by Gasteiger charge is 2.16. The molecule has 2 nitrogen and oxygen atoms in total. The number of nitrogens with one attached hydrogen (secondary N) is 2. The van der Waals surface area contributed by atoms with Crippen LogP contribution in [0.25, 0.3) is 65.2 Å². The molecule has 0 radical (unpaired) electrons. The van der Waals surface area contributed by atoms with Gasteiger partial charge in [0.05, 0.1) is 0 Å². The van der Waals surface area contributed by atoms with E-state index in [9.17, 15) is 0 Å². The van der Waals surface area contributed by atoms with E-state index in [1.807, 2.05) is 0 Å². The summed E-state index contributed by atoms with van der Waals surface area (Å²) in [5, 5.41) is 10.5. The number of rotatable bonds is 0. The lowest BCUT2D eigenvalue weighted by Gasteiger charge is -2.07. The minimum atomic E-state index is 1.20. The lowest BCUT2D eigenvalue weighted by atomic mass is 9.95. The second-order valence-electron chi connectivity index (χ2n) is 7.16. The normalized spacial score (nSPS) is 12.6. The Kier molecular flexibility index (Phi) is 2.05. The molecule has 120 valence electrons. The summed E-state index contributed by atoms with van der Waals surface area (Å²) in [6, 6.07) is 26.4. The molecular formula is C24H14N2. The molecule has 0 aliphatic carbocycles. The molecule has 0 unspecified atom stereocenters. The topological polar surface area (TPSA) is 31.6 Å². The van der Waals surface area contributed by atoms with Crippen molar-refractivity contribution in [3.8, 4) is 0 Å². The summed E-state index contributed by atoms with van der Waals surface area (Å²) in [4.78, 5) is 7.26. The second-order valence-corrected chi connectivity index (χ2v) is 7.16. The van der Waals surface area contributed by atoms with Gasteiger partial charge >= 0.3 is 0 Å². The monoisotopic (exact) mass is 330 g/mol. The molecule has 0 spiro atoms. The molecule has 26 heavy (non-hydrogen) atoms. The molecule has 7 rings (SSSR count). The van der Waals surface area contributed by atoms with Crippen LogP contribution in [0.4, 0.5) is 0 Å². The molecule has 0 saturated heterocycles. The van der Waals surface area contributed by atoms with Gasteiger partial charge in [-0.25, -0.2) is 0 Å². The van der Waals surface area contributed by atoms with Crippen molar-refractivity contribution in [2.75, 3.05) is 0 Å². The number of aromatic amines is 2. The molecule has 2 N–H and O–H groups in total. The van der Waals surface area contributed by atoms with Crippen LogP contribution in [0.5, 0.6) is 0 Å². The molecule has 0 fully saturated rings. The van der Waals surface area contributed by atoms with Crippen molar-refractivity contribution >= 4 is 65.2 Å². The lowest BCUT2D eigenvalue weighted by molar-refractivity contribution is 1.55.